The van der Waals surface area contributed by atoms with Crippen molar-refractivity contribution < 1.29 is 13.9 Å². The number of carbonyl (C=O) groups is 1. The molecule has 31 heavy (non-hydrogen) atoms. The van der Waals surface area contributed by atoms with Gasteiger partial charge in [0, 0.05) is 17.8 Å². The van der Waals surface area contributed by atoms with E-state index in [0.29, 0.717) is 23.5 Å². The van der Waals surface area contributed by atoms with Crippen LogP contribution in [0.3, 0.4) is 0 Å². The molecule has 0 unspecified atom stereocenters. The van der Waals surface area contributed by atoms with E-state index in [-0.39, 0.29) is 17.5 Å². The lowest BCUT2D eigenvalue weighted by molar-refractivity contribution is -0.113. The summed E-state index contributed by atoms with van der Waals surface area (Å²) < 4.78 is 21.0. The number of halogens is 1. The predicted molar refractivity (Wildman–Crippen MR) is 120 cm³/mol. The third-order valence-corrected chi connectivity index (χ3v) is 6.18. The molecule has 6 nitrogen and oxygen atoms in total. The second kappa shape index (κ2) is 9.96. The van der Waals surface area contributed by atoms with Crippen LogP contribution in [0, 0.1) is 5.82 Å². The van der Waals surface area contributed by atoms with Gasteiger partial charge in [0.15, 0.2) is 11.0 Å². The highest BCUT2D eigenvalue weighted by atomic mass is 32.2. The fraction of sp³-hybridized carbons (Fsp3) is 0.348. The molecule has 8 heteroatoms. The first-order valence-electron chi connectivity index (χ1n) is 10.5. The number of anilines is 1. The predicted octanol–water partition coefficient (Wildman–Crippen LogP) is 5.16. The van der Waals surface area contributed by atoms with E-state index in [1.807, 2.05) is 35.8 Å². The first-order chi connectivity index (χ1) is 15.1. The summed E-state index contributed by atoms with van der Waals surface area (Å²) in [6.45, 7) is 2.71. The number of thioether (sulfide) groups is 1. The minimum Gasteiger partial charge on any atom is -0.490 e. The first-order valence-corrected chi connectivity index (χ1v) is 11.5. The summed E-state index contributed by atoms with van der Waals surface area (Å²) in [6, 6.07) is 13.6. The number of nitrogens with zero attached hydrogens (tertiary/aromatic N) is 3. The summed E-state index contributed by atoms with van der Waals surface area (Å²) in [5.41, 5.74) is 1.51. The highest BCUT2D eigenvalue weighted by Crippen LogP contribution is 2.28. The first kappa shape index (κ1) is 21.4. The smallest absolute Gasteiger partial charge is 0.234 e. The van der Waals surface area contributed by atoms with Crippen LogP contribution in [0.1, 0.15) is 32.6 Å². The molecule has 1 heterocycles. The summed E-state index contributed by atoms with van der Waals surface area (Å²) >= 11 is 1.32. The zero-order valence-electron chi connectivity index (χ0n) is 17.4. The van der Waals surface area contributed by atoms with Gasteiger partial charge in [-0.05, 0) is 81.1 Å². The number of nitrogens with one attached hydrogen (secondary N) is 1. The van der Waals surface area contributed by atoms with Crippen molar-refractivity contribution in [3.8, 4) is 17.1 Å². The maximum Gasteiger partial charge on any atom is 0.234 e. The molecule has 4 rings (SSSR count). The average molecular weight is 441 g/mol. The van der Waals surface area contributed by atoms with E-state index < -0.39 is 0 Å². The number of ether oxygens (including phenoxy) is 1. The topological polar surface area (TPSA) is 69.0 Å². The molecule has 0 atom stereocenters. The summed E-state index contributed by atoms with van der Waals surface area (Å²) in [5, 5.41) is 12.0. The fourth-order valence-corrected chi connectivity index (χ4v) is 4.44. The molecule has 2 aromatic carbocycles. The molecule has 0 saturated heterocycles. The van der Waals surface area contributed by atoms with Crippen molar-refractivity contribution in [1.29, 1.82) is 0 Å². The van der Waals surface area contributed by atoms with Gasteiger partial charge in [0.2, 0.25) is 5.91 Å². The van der Waals surface area contributed by atoms with Gasteiger partial charge in [-0.1, -0.05) is 11.8 Å². The van der Waals surface area contributed by atoms with E-state index in [1.54, 1.807) is 0 Å². The van der Waals surface area contributed by atoms with Gasteiger partial charge in [-0.2, -0.15) is 0 Å². The second-order valence-electron chi connectivity index (χ2n) is 7.44. The maximum absolute atomic E-state index is 13.0. The molecule has 1 N–H and O–H groups in total. The minimum atomic E-state index is -0.339. The van der Waals surface area contributed by atoms with E-state index >= 15 is 0 Å². The Balaban J connectivity index is 1.38. The lowest BCUT2D eigenvalue weighted by atomic mass is 10.2. The van der Waals surface area contributed by atoms with Gasteiger partial charge in [0.05, 0.1) is 11.9 Å². The van der Waals surface area contributed by atoms with Gasteiger partial charge in [-0.25, -0.2) is 4.39 Å². The number of hydrogen-bond donors (Lipinski definition) is 1. The van der Waals surface area contributed by atoms with Crippen molar-refractivity contribution in [2.45, 2.75) is 50.4 Å². The Morgan fingerprint density at radius 2 is 1.84 bits per heavy atom. The van der Waals surface area contributed by atoms with Gasteiger partial charge in [0.1, 0.15) is 11.6 Å². The number of rotatable bonds is 8. The lowest BCUT2D eigenvalue weighted by Gasteiger charge is -2.13. The molecule has 1 aliphatic rings. The number of benzene rings is 2. The quantitative estimate of drug-likeness (QED) is 0.490. The van der Waals surface area contributed by atoms with Crippen molar-refractivity contribution in [2.24, 2.45) is 0 Å². The Labute approximate surface area is 185 Å². The molecule has 0 radical (unpaired) electrons. The molecule has 1 amide bonds. The zero-order valence-corrected chi connectivity index (χ0v) is 18.2. The normalized spacial score (nSPS) is 14.0. The van der Waals surface area contributed by atoms with Gasteiger partial charge in [0.25, 0.3) is 0 Å². The van der Waals surface area contributed by atoms with Crippen molar-refractivity contribution in [3.05, 3.63) is 54.3 Å². The number of carbonyl (C=O) groups excluding carboxylic acids is 1. The van der Waals surface area contributed by atoms with Crippen molar-refractivity contribution in [3.63, 3.8) is 0 Å². The molecule has 3 aromatic rings. The lowest BCUT2D eigenvalue weighted by Crippen LogP contribution is -2.14. The van der Waals surface area contributed by atoms with Crippen LogP contribution < -0.4 is 10.1 Å². The molecule has 0 aliphatic heterocycles. The molecule has 0 bridgehead atoms. The number of aromatic nitrogens is 3. The Morgan fingerprint density at radius 3 is 2.52 bits per heavy atom. The van der Waals surface area contributed by atoms with Gasteiger partial charge in [-0.3, -0.25) is 4.79 Å². The molecule has 1 aromatic heterocycles. The van der Waals surface area contributed by atoms with Crippen LogP contribution in [-0.2, 0) is 11.3 Å². The molecule has 0 spiro atoms. The minimum absolute atomic E-state index is 0.183. The van der Waals surface area contributed by atoms with Gasteiger partial charge in [-0.15, -0.1) is 10.2 Å². The summed E-state index contributed by atoms with van der Waals surface area (Å²) in [4.78, 5) is 12.2. The Kier molecular flexibility index (Phi) is 6.86. The molecule has 1 saturated carbocycles. The maximum atomic E-state index is 13.0. The Hall–Kier alpha value is -2.87. The largest absolute Gasteiger partial charge is 0.490 e. The second-order valence-corrected chi connectivity index (χ2v) is 8.39. The van der Waals surface area contributed by atoms with Crippen LogP contribution in [-0.4, -0.2) is 32.5 Å². The van der Waals surface area contributed by atoms with Crippen LogP contribution >= 0.6 is 11.8 Å². The molecule has 1 fully saturated rings. The standard InChI is InChI=1S/C23H25FN4O2S/c1-2-28-22(16-7-13-20(14-8-16)30-19-5-3-4-6-19)26-27-23(28)31-15-21(29)25-18-11-9-17(24)10-12-18/h7-14,19H,2-6,15H2,1H3,(H,25,29). The van der Waals surface area contributed by atoms with Crippen LogP contribution in [0.5, 0.6) is 5.75 Å². The highest BCUT2D eigenvalue weighted by molar-refractivity contribution is 7.99. The van der Waals surface area contributed by atoms with Crippen molar-refractivity contribution >= 4 is 23.4 Å². The van der Waals surface area contributed by atoms with E-state index in [9.17, 15) is 9.18 Å². The molecule has 162 valence electrons. The summed E-state index contributed by atoms with van der Waals surface area (Å²) in [6.07, 6.45) is 5.06. The van der Waals surface area contributed by atoms with E-state index in [1.165, 1.54) is 48.9 Å². The third kappa shape index (κ3) is 5.44. The third-order valence-electron chi connectivity index (χ3n) is 5.21. The fourth-order valence-electron chi connectivity index (χ4n) is 3.64. The van der Waals surface area contributed by atoms with Crippen molar-refractivity contribution in [1.82, 2.24) is 14.8 Å². The van der Waals surface area contributed by atoms with Gasteiger partial charge < -0.3 is 14.6 Å². The van der Waals surface area contributed by atoms with E-state index in [0.717, 1.165) is 30.0 Å². The van der Waals surface area contributed by atoms with Gasteiger partial charge >= 0.3 is 0 Å². The zero-order chi connectivity index (χ0) is 21.6. The Bertz CT molecular complexity index is 1020. The van der Waals surface area contributed by atoms with Crippen LogP contribution in [0.25, 0.3) is 11.4 Å². The van der Waals surface area contributed by atoms with E-state index in [4.69, 9.17) is 4.74 Å². The van der Waals surface area contributed by atoms with E-state index in [2.05, 4.69) is 15.5 Å². The molecular weight excluding hydrogens is 415 g/mol. The molecular formula is C23H25FN4O2S. The number of amides is 1. The SMILES string of the molecule is CCn1c(SCC(=O)Nc2ccc(F)cc2)nnc1-c1ccc(OC2CCCC2)cc1. The monoisotopic (exact) mass is 440 g/mol. The average Bonchev–Trinajstić information content (AvgIpc) is 3.44. The van der Waals surface area contributed by atoms with Crippen LogP contribution in [0.15, 0.2) is 53.7 Å². The summed E-state index contributed by atoms with van der Waals surface area (Å²) in [7, 11) is 0. The molecule has 1 aliphatic carbocycles. The van der Waals surface area contributed by atoms with Crippen molar-refractivity contribution in [2.75, 3.05) is 11.1 Å². The Morgan fingerprint density at radius 1 is 1.13 bits per heavy atom. The van der Waals surface area contributed by atoms with Crippen LogP contribution in [0.2, 0.25) is 0 Å². The number of hydrogen-bond acceptors (Lipinski definition) is 5. The summed E-state index contributed by atoms with van der Waals surface area (Å²) in [5.74, 6) is 1.30. The highest BCUT2D eigenvalue weighted by Gasteiger charge is 2.18. The van der Waals surface area contributed by atoms with Crippen LogP contribution in [0.4, 0.5) is 10.1 Å².